The zero-order valence-electron chi connectivity index (χ0n) is 21.9. The number of H-pyrrole nitrogens is 1. The lowest BCUT2D eigenvalue weighted by molar-refractivity contribution is 0.118. The quantitative estimate of drug-likeness (QED) is 0.368. The molecule has 0 amide bonds. The van der Waals surface area contributed by atoms with Gasteiger partial charge in [-0.3, -0.25) is 14.5 Å². The molecule has 1 aliphatic carbocycles. The maximum atomic E-state index is 11.7. The summed E-state index contributed by atoms with van der Waals surface area (Å²) >= 11 is 6.37. The largest absolute Gasteiger partial charge is 0.439 e. The van der Waals surface area contributed by atoms with E-state index in [0.717, 1.165) is 48.0 Å². The number of halogens is 1. The molecule has 0 spiro atoms. The SMILES string of the molecule is CO[C@H]1C[C@H](C)N(c2nc3cc(-c4noc(=O)[nH]4)nc(-c4cncc(Cl)c4)c3n2CC2CCC(C)CC2)C1. The number of fused-ring (bicyclic) bond motifs is 1. The second kappa shape index (κ2) is 10.1. The lowest BCUT2D eigenvalue weighted by Crippen LogP contribution is -2.31. The summed E-state index contributed by atoms with van der Waals surface area (Å²) in [6, 6.07) is 3.99. The standard InChI is InChI=1S/C27H32ClN7O3/c1-15-4-6-17(7-5-15)13-35-24-21(31-26(35)34-14-20(37-3)8-16(34)2)10-22(25-32-27(36)38-33-25)30-23(24)18-9-19(28)12-29-11-18/h9-12,15-17,20H,4-8,13-14H2,1-3H3,(H,32,33,36)/t15?,16-,17?,20-/m0/s1. The van der Waals surface area contributed by atoms with Gasteiger partial charge in [0.2, 0.25) is 11.8 Å². The molecule has 1 aliphatic heterocycles. The minimum absolute atomic E-state index is 0.152. The Morgan fingerprint density at radius 2 is 1.97 bits per heavy atom. The Hall–Kier alpha value is -3.24. The van der Waals surface area contributed by atoms with Crippen LogP contribution in [0.1, 0.15) is 46.0 Å². The minimum Gasteiger partial charge on any atom is -0.380 e. The van der Waals surface area contributed by atoms with Crippen molar-refractivity contribution in [3.8, 4) is 22.8 Å². The number of nitrogens with one attached hydrogen (secondary N) is 1. The highest BCUT2D eigenvalue weighted by atomic mass is 35.5. The predicted molar refractivity (Wildman–Crippen MR) is 145 cm³/mol. The van der Waals surface area contributed by atoms with Crippen LogP contribution < -0.4 is 10.7 Å². The van der Waals surface area contributed by atoms with E-state index in [1.807, 2.05) is 12.1 Å². The summed E-state index contributed by atoms with van der Waals surface area (Å²) in [5, 5.41) is 4.39. The lowest BCUT2D eigenvalue weighted by atomic mass is 9.83. The van der Waals surface area contributed by atoms with Crippen LogP contribution in [0.2, 0.25) is 5.02 Å². The molecular weight excluding hydrogens is 506 g/mol. The highest BCUT2D eigenvalue weighted by Crippen LogP contribution is 2.38. The third-order valence-corrected chi connectivity index (χ3v) is 8.28. The number of hydrogen-bond acceptors (Lipinski definition) is 8. The Kier molecular flexibility index (Phi) is 6.69. The first-order valence-electron chi connectivity index (χ1n) is 13.3. The molecule has 2 fully saturated rings. The van der Waals surface area contributed by atoms with Gasteiger partial charge < -0.3 is 14.2 Å². The van der Waals surface area contributed by atoms with E-state index < -0.39 is 5.76 Å². The van der Waals surface area contributed by atoms with E-state index in [-0.39, 0.29) is 18.0 Å². The summed E-state index contributed by atoms with van der Waals surface area (Å²) in [5.74, 6) is 1.85. The molecule has 0 aromatic carbocycles. The molecular formula is C27H32ClN7O3. The van der Waals surface area contributed by atoms with Crippen molar-refractivity contribution < 1.29 is 9.26 Å². The van der Waals surface area contributed by atoms with Crippen LogP contribution in [-0.4, -0.2) is 55.5 Å². The fourth-order valence-electron chi connectivity index (χ4n) is 5.94. The van der Waals surface area contributed by atoms with Crippen LogP contribution in [0.25, 0.3) is 33.8 Å². The zero-order chi connectivity index (χ0) is 26.4. The van der Waals surface area contributed by atoms with Crippen molar-refractivity contribution in [1.29, 1.82) is 0 Å². The number of aromatic amines is 1. The summed E-state index contributed by atoms with van der Waals surface area (Å²) in [6.45, 7) is 6.18. The number of pyridine rings is 2. The Balaban J connectivity index is 1.57. The van der Waals surface area contributed by atoms with E-state index in [9.17, 15) is 4.79 Å². The van der Waals surface area contributed by atoms with E-state index in [1.165, 1.54) is 25.7 Å². The molecule has 1 saturated carbocycles. The van der Waals surface area contributed by atoms with Crippen molar-refractivity contribution in [2.24, 2.45) is 11.8 Å². The average molecular weight is 538 g/mol. The maximum Gasteiger partial charge on any atom is 0.439 e. The van der Waals surface area contributed by atoms with Crippen molar-refractivity contribution in [3.63, 3.8) is 0 Å². The molecule has 0 radical (unpaired) electrons. The molecule has 6 rings (SSSR count). The fraction of sp³-hybridized carbons (Fsp3) is 0.519. The Morgan fingerprint density at radius 3 is 2.66 bits per heavy atom. The van der Waals surface area contributed by atoms with Crippen molar-refractivity contribution in [2.75, 3.05) is 18.6 Å². The van der Waals surface area contributed by atoms with Crippen LogP contribution in [-0.2, 0) is 11.3 Å². The van der Waals surface area contributed by atoms with Gasteiger partial charge in [-0.1, -0.05) is 36.5 Å². The number of nitrogens with zero attached hydrogens (tertiary/aromatic N) is 6. The van der Waals surface area contributed by atoms with E-state index in [1.54, 1.807) is 19.5 Å². The highest BCUT2D eigenvalue weighted by molar-refractivity contribution is 6.30. The van der Waals surface area contributed by atoms with Gasteiger partial charge in [0.1, 0.15) is 5.69 Å². The molecule has 11 heteroatoms. The van der Waals surface area contributed by atoms with Crippen LogP contribution in [0.3, 0.4) is 0 Å². The van der Waals surface area contributed by atoms with Crippen LogP contribution in [0, 0.1) is 11.8 Å². The topological polar surface area (TPSA) is 115 Å². The normalized spacial score (nSPS) is 23.9. The molecule has 2 atom stereocenters. The molecule has 2 aliphatic rings. The van der Waals surface area contributed by atoms with Gasteiger partial charge in [-0.05, 0) is 50.2 Å². The van der Waals surface area contributed by atoms with Crippen molar-refractivity contribution in [2.45, 2.75) is 64.6 Å². The first-order chi connectivity index (χ1) is 18.4. The molecule has 38 heavy (non-hydrogen) atoms. The van der Waals surface area contributed by atoms with Gasteiger partial charge in [0.25, 0.3) is 0 Å². The van der Waals surface area contributed by atoms with Crippen LogP contribution in [0.4, 0.5) is 5.95 Å². The molecule has 4 aromatic heterocycles. The third-order valence-electron chi connectivity index (χ3n) is 8.07. The second-order valence-electron chi connectivity index (χ2n) is 10.8. The number of ether oxygens (including phenoxy) is 1. The molecule has 1 N–H and O–H groups in total. The van der Waals surface area contributed by atoms with Crippen LogP contribution in [0.5, 0.6) is 0 Å². The van der Waals surface area contributed by atoms with Gasteiger partial charge in [0.15, 0.2) is 0 Å². The first kappa shape index (κ1) is 25.1. The predicted octanol–water partition coefficient (Wildman–Crippen LogP) is 4.93. The number of hydrogen-bond donors (Lipinski definition) is 1. The summed E-state index contributed by atoms with van der Waals surface area (Å²) < 4.78 is 12.8. The number of imidazole rings is 1. The van der Waals surface area contributed by atoms with Crippen molar-refractivity contribution in [1.82, 2.24) is 29.7 Å². The summed E-state index contributed by atoms with van der Waals surface area (Å²) in [5.41, 5.74) is 3.61. The molecule has 4 aromatic rings. The van der Waals surface area contributed by atoms with Gasteiger partial charge in [-0.15, -0.1) is 0 Å². The molecule has 5 heterocycles. The second-order valence-corrected chi connectivity index (χ2v) is 11.2. The Morgan fingerprint density at radius 1 is 1.16 bits per heavy atom. The molecule has 10 nitrogen and oxygen atoms in total. The number of rotatable bonds is 6. The maximum absolute atomic E-state index is 11.7. The number of anilines is 1. The molecule has 1 saturated heterocycles. The van der Waals surface area contributed by atoms with Crippen LogP contribution in [0.15, 0.2) is 33.8 Å². The van der Waals surface area contributed by atoms with Gasteiger partial charge in [0, 0.05) is 44.2 Å². The number of aromatic nitrogens is 6. The minimum atomic E-state index is -0.637. The zero-order valence-corrected chi connectivity index (χ0v) is 22.6. The van der Waals surface area contributed by atoms with E-state index in [0.29, 0.717) is 22.3 Å². The fourth-order valence-corrected chi connectivity index (χ4v) is 6.12. The van der Waals surface area contributed by atoms with E-state index in [4.69, 9.17) is 30.8 Å². The monoisotopic (exact) mass is 537 g/mol. The first-order valence-corrected chi connectivity index (χ1v) is 13.7. The average Bonchev–Trinajstić information content (AvgIpc) is 3.61. The van der Waals surface area contributed by atoms with Gasteiger partial charge >= 0.3 is 5.76 Å². The summed E-state index contributed by atoms with van der Waals surface area (Å²) in [6.07, 6.45) is 9.31. The Bertz CT molecular complexity index is 1500. The molecule has 0 bridgehead atoms. The van der Waals surface area contributed by atoms with E-state index >= 15 is 0 Å². The van der Waals surface area contributed by atoms with Gasteiger partial charge in [0.05, 0.1) is 27.9 Å². The van der Waals surface area contributed by atoms with Crippen LogP contribution >= 0.6 is 11.6 Å². The summed E-state index contributed by atoms with van der Waals surface area (Å²) in [4.78, 5) is 31.1. The van der Waals surface area contributed by atoms with Crippen molar-refractivity contribution in [3.05, 3.63) is 40.1 Å². The van der Waals surface area contributed by atoms with Gasteiger partial charge in [-0.2, -0.15) is 0 Å². The van der Waals surface area contributed by atoms with Gasteiger partial charge in [-0.25, -0.2) is 14.8 Å². The lowest BCUT2D eigenvalue weighted by Gasteiger charge is -2.29. The molecule has 0 unspecified atom stereocenters. The Labute approximate surface area is 225 Å². The summed E-state index contributed by atoms with van der Waals surface area (Å²) in [7, 11) is 1.77. The molecule has 200 valence electrons. The van der Waals surface area contributed by atoms with Crippen molar-refractivity contribution >= 4 is 28.6 Å². The highest BCUT2D eigenvalue weighted by Gasteiger charge is 2.34. The number of methoxy groups -OCH3 is 1. The third kappa shape index (κ3) is 4.71. The smallest absolute Gasteiger partial charge is 0.380 e. The van der Waals surface area contributed by atoms with E-state index in [2.05, 4.69) is 38.4 Å².